The van der Waals surface area contributed by atoms with Gasteiger partial charge in [-0.2, -0.15) is 52.7 Å². The number of nitrogens with two attached hydrogens (primary N) is 2. The fourth-order valence-corrected chi connectivity index (χ4v) is 6.91. The van der Waals surface area contributed by atoms with E-state index in [9.17, 15) is 52.7 Å². The Hall–Kier alpha value is -2.75. The fourth-order valence-electron chi connectivity index (χ4n) is 5.76. The van der Waals surface area contributed by atoms with Gasteiger partial charge in [-0.3, -0.25) is 0 Å². The van der Waals surface area contributed by atoms with E-state index in [0.29, 0.717) is 24.3 Å². The second-order valence-electron chi connectivity index (χ2n) is 12.2. The van der Waals surface area contributed by atoms with Gasteiger partial charge < -0.3 is 11.5 Å². The van der Waals surface area contributed by atoms with Crippen LogP contribution in [0.25, 0.3) is 0 Å². The van der Waals surface area contributed by atoms with Crippen molar-refractivity contribution in [3.63, 3.8) is 0 Å². The molecule has 0 saturated carbocycles. The Morgan fingerprint density at radius 1 is 0.389 bits per heavy atom. The van der Waals surface area contributed by atoms with E-state index >= 15 is 0 Å². The van der Waals surface area contributed by atoms with E-state index < -0.39 is 77.9 Å². The van der Waals surface area contributed by atoms with Crippen LogP contribution in [-0.4, -0.2) is 14.6 Å². The predicted octanol–water partition coefficient (Wildman–Crippen LogP) is 12.4. The number of hydrogen-bond acceptors (Lipinski definition) is 2. The van der Waals surface area contributed by atoms with Crippen molar-refractivity contribution in [1.29, 1.82) is 0 Å². The van der Waals surface area contributed by atoms with Crippen LogP contribution in [0.15, 0.2) is 72.8 Å². The van der Waals surface area contributed by atoms with Crippen LogP contribution in [0.5, 0.6) is 0 Å². The highest BCUT2D eigenvalue weighted by molar-refractivity contribution is 6.43. The summed E-state index contributed by atoms with van der Waals surface area (Å²) in [6.07, 6.45) is -18.6. The molecule has 2 nitrogen and oxygen atoms in total. The molecule has 0 amide bonds. The molecule has 0 bridgehead atoms. The molecule has 0 heterocycles. The van der Waals surface area contributed by atoms with Crippen molar-refractivity contribution in [2.45, 2.75) is 61.1 Å². The van der Waals surface area contributed by atoms with Gasteiger partial charge in [0.25, 0.3) is 0 Å². The minimum Gasteiger partial charge on any atom is -0.325 e. The van der Waals surface area contributed by atoms with E-state index in [4.69, 9.17) is 57.9 Å². The van der Waals surface area contributed by atoms with Crippen LogP contribution in [0, 0.1) is 0 Å². The topological polar surface area (TPSA) is 52.0 Å². The van der Waals surface area contributed by atoms with Gasteiger partial charge in [0, 0.05) is 10.9 Å². The Labute approximate surface area is 322 Å². The molecule has 54 heavy (non-hydrogen) atoms. The lowest BCUT2D eigenvalue weighted by molar-refractivity contribution is -0.138. The molecule has 4 rings (SSSR count). The lowest BCUT2D eigenvalue weighted by atomic mass is 9.49. The minimum atomic E-state index is -4.82. The van der Waals surface area contributed by atoms with Crippen molar-refractivity contribution >= 4 is 61.0 Å². The molecule has 0 aliphatic heterocycles. The lowest BCUT2D eigenvalue weighted by Gasteiger charge is -2.32. The molecule has 0 unspecified atom stereocenters. The number of rotatable bonds is 11. The second kappa shape index (κ2) is 16.0. The Morgan fingerprint density at radius 2 is 0.593 bits per heavy atom. The average Bonchev–Trinajstić information content (AvgIpc) is 3.03. The maximum Gasteiger partial charge on any atom is 0.417 e. The molecule has 288 valence electrons. The third-order valence-electron chi connectivity index (χ3n) is 8.60. The highest BCUT2D eigenvalue weighted by Gasteiger charge is 2.40. The van der Waals surface area contributed by atoms with Gasteiger partial charge in [-0.05, 0) is 70.8 Å². The van der Waals surface area contributed by atoms with Crippen molar-refractivity contribution in [1.82, 2.24) is 0 Å². The number of hydrogen-bond donors (Lipinski definition) is 2. The number of alkyl halides is 12. The van der Waals surface area contributed by atoms with Gasteiger partial charge in [-0.1, -0.05) is 96.2 Å². The standard InChI is InChI=1S/C34H24B2Cl4F12N2/c37-25-13-17(3-7-21(25)31(41,42)43)29(53,18-4-8-22(26(38)14-18)32(44,45)46)35-11-1-2-12-36-30(54,19-5-9-23(27(39)15-19)33(47,48)49)20-6-10-24(28(40)16-20)34(50,51)52/h3-10,13-16H,1-2,11-12,53-54H2. The van der Waals surface area contributed by atoms with Crippen molar-refractivity contribution in [2.24, 2.45) is 11.5 Å². The zero-order valence-corrected chi connectivity index (χ0v) is 30.1. The first kappa shape index (κ1) is 44.0. The zero-order chi connectivity index (χ0) is 40.7. The highest BCUT2D eigenvalue weighted by Crippen LogP contribution is 2.43. The summed E-state index contributed by atoms with van der Waals surface area (Å²) in [7, 11) is 2.87. The van der Waals surface area contributed by atoms with Gasteiger partial charge in [0.05, 0.1) is 42.3 Å². The van der Waals surface area contributed by atoms with Crippen LogP contribution < -0.4 is 11.5 Å². The van der Waals surface area contributed by atoms with E-state index in [-0.39, 0.29) is 47.7 Å². The Morgan fingerprint density at radius 3 is 0.759 bits per heavy atom. The number of unbranched alkanes of at least 4 members (excludes halogenated alkanes) is 1. The number of benzene rings is 4. The highest BCUT2D eigenvalue weighted by atomic mass is 35.5. The third-order valence-corrected chi connectivity index (χ3v) is 9.85. The number of halogens is 16. The quantitative estimate of drug-likeness (QED) is 0.0897. The molecule has 0 fully saturated rings. The monoisotopic (exact) mass is 850 g/mol. The molecular weight excluding hydrogens is 828 g/mol. The Balaban J connectivity index is 1.61. The molecule has 0 saturated heterocycles. The van der Waals surface area contributed by atoms with Crippen LogP contribution in [0.2, 0.25) is 32.7 Å². The summed E-state index contributed by atoms with van der Waals surface area (Å²) >= 11 is 23.8. The Kier molecular flexibility index (Phi) is 13.0. The van der Waals surface area contributed by atoms with Crippen LogP contribution >= 0.6 is 46.4 Å². The molecule has 0 atom stereocenters. The summed E-state index contributed by atoms with van der Waals surface area (Å²) in [6, 6.07) is 10.6. The van der Waals surface area contributed by atoms with Gasteiger partial charge in [0.2, 0.25) is 0 Å². The van der Waals surface area contributed by atoms with Gasteiger partial charge >= 0.3 is 24.7 Å². The molecule has 0 aliphatic carbocycles. The van der Waals surface area contributed by atoms with Crippen molar-refractivity contribution in [3.8, 4) is 0 Å². The van der Waals surface area contributed by atoms with Gasteiger partial charge in [-0.15, -0.1) is 0 Å². The third kappa shape index (κ3) is 9.78. The maximum absolute atomic E-state index is 13.4. The van der Waals surface area contributed by atoms with Gasteiger partial charge in [-0.25, -0.2) is 0 Å². The van der Waals surface area contributed by atoms with Crippen LogP contribution in [-0.2, 0) is 35.6 Å². The smallest absolute Gasteiger partial charge is 0.325 e. The first-order valence-corrected chi connectivity index (χ1v) is 17.0. The second-order valence-corrected chi connectivity index (χ2v) is 13.8. The SMILES string of the molecule is NC([B]CCCC[B]C(N)(c1ccc(C(F)(F)F)c(Cl)c1)c1ccc(C(F)(F)F)c(Cl)c1)(c1ccc(C(F)(F)F)c(Cl)c1)c1ccc(C(F)(F)F)c(Cl)c1. The summed E-state index contributed by atoms with van der Waals surface area (Å²) in [5, 5.41) is -2.88. The van der Waals surface area contributed by atoms with E-state index in [0.717, 1.165) is 48.5 Å². The molecule has 20 heteroatoms. The molecule has 0 aliphatic rings. The lowest BCUT2D eigenvalue weighted by Crippen LogP contribution is -2.44. The minimum absolute atomic E-state index is 0.0118. The summed E-state index contributed by atoms with van der Waals surface area (Å²) in [4.78, 5) is 0. The van der Waals surface area contributed by atoms with Crippen molar-refractivity contribution in [2.75, 3.05) is 0 Å². The van der Waals surface area contributed by atoms with E-state index in [1.165, 1.54) is 14.6 Å². The largest absolute Gasteiger partial charge is 0.417 e. The summed E-state index contributed by atoms with van der Waals surface area (Å²) in [6.45, 7) is 0. The van der Waals surface area contributed by atoms with Gasteiger partial charge in [0.15, 0.2) is 0 Å². The van der Waals surface area contributed by atoms with Crippen LogP contribution in [0.3, 0.4) is 0 Å². The normalized spacial score (nSPS) is 13.3. The van der Waals surface area contributed by atoms with E-state index in [1.54, 1.807) is 0 Å². The molecule has 4 N–H and O–H groups in total. The molecular formula is C34H24B2Cl4F12N2. The maximum atomic E-state index is 13.4. The predicted molar refractivity (Wildman–Crippen MR) is 186 cm³/mol. The van der Waals surface area contributed by atoms with Crippen LogP contribution in [0.1, 0.15) is 57.3 Å². The molecule has 4 aromatic carbocycles. The first-order chi connectivity index (χ1) is 24.7. The molecule has 0 spiro atoms. The van der Waals surface area contributed by atoms with Gasteiger partial charge in [0.1, 0.15) is 14.6 Å². The van der Waals surface area contributed by atoms with Crippen LogP contribution in [0.4, 0.5) is 52.7 Å². The summed E-state index contributed by atoms with van der Waals surface area (Å²) < 4.78 is 161. The molecule has 4 aromatic rings. The average molecular weight is 852 g/mol. The molecule has 2 radical (unpaired) electrons. The first-order valence-electron chi connectivity index (χ1n) is 15.4. The zero-order valence-electron chi connectivity index (χ0n) is 27.1. The molecule has 0 aromatic heterocycles. The Bertz CT molecular complexity index is 1710. The van der Waals surface area contributed by atoms with E-state index in [2.05, 4.69) is 0 Å². The van der Waals surface area contributed by atoms with Crippen molar-refractivity contribution in [3.05, 3.63) is 137 Å². The summed E-state index contributed by atoms with van der Waals surface area (Å²) in [5.74, 6) is 0. The summed E-state index contributed by atoms with van der Waals surface area (Å²) in [5.41, 5.74) is 5.00. The van der Waals surface area contributed by atoms with Crippen molar-refractivity contribution < 1.29 is 52.7 Å². The van der Waals surface area contributed by atoms with E-state index in [1.807, 2.05) is 0 Å². The fraction of sp³-hybridized carbons (Fsp3) is 0.294.